The molecule has 3 rings (SSSR count). The number of hydrogen-bond acceptors (Lipinski definition) is 4. The van der Waals surface area contributed by atoms with Gasteiger partial charge in [-0.3, -0.25) is 9.59 Å². The van der Waals surface area contributed by atoms with Crippen molar-refractivity contribution in [1.29, 1.82) is 0 Å². The van der Waals surface area contributed by atoms with Crippen molar-refractivity contribution in [3.63, 3.8) is 0 Å². The lowest BCUT2D eigenvalue weighted by atomic mass is 9.90. The smallest absolute Gasteiger partial charge is 0.319 e. The average molecular weight is 427 g/mol. The molecular formula is C23H30N4O4. The molecule has 8 heteroatoms. The van der Waals surface area contributed by atoms with Gasteiger partial charge in [0.15, 0.2) is 0 Å². The van der Waals surface area contributed by atoms with Gasteiger partial charge in [0.2, 0.25) is 11.8 Å². The van der Waals surface area contributed by atoms with Crippen LogP contribution in [0.5, 0.6) is 0 Å². The van der Waals surface area contributed by atoms with Crippen LogP contribution in [0.3, 0.4) is 0 Å². The lowest BCUT2D eigenvalue weighted by Crippen LogP contribution is -2.45. The highest BCUT2D eigenvalue weighted by Gasteiger charge is 2.32. The molecule has 166 valence electrons. The molecule has 0 aliphatic carbocycles. The molecule has 3 N–H and O–H groups in total. The van der Waals surface area contributed by atoms with Crippen molar-refractivity contribution in [2.75, 3.05) is 23.7 Å². The van der Waals surface area contributed by atoms with E-state index in [1.54, 1.807) is 42.7 Å². The summed E-state index contributed by atoms with van der Waals surface area (Å²) in [4.78, 5) is 38.8. The number of anilines is 2. The van der Waals surface area contributed by atoms with E-state index in [0.717, 1.165) is 0 Å². The van der Waals surface area contributed by atoms with E-state index < -0.39 is 5.41 Å². The summed E-state index contributed by atoms with van der Waals surface area (Å²) in [6.07, 6.45) is 2.86. The highest BCUT2D eigenvalue weighted by Crippen LogP contribution is 2.24. The van der Waals surface area contributed by atoms with Gasteiger partial charge in [-0.25, -0.2) is 4.79 Å². The maximum absolute atomic E-state index is 12.6. The van der Waals surface area contributed by atoms with Crippen LogP contribution < -0.4 is 16.0 Å². The largest absolute Gasteiger partial charge is 0.467 e. The standard InChI is InChI=1S/C23H30N4O4/c1-23(2,3)21(29)27-12-10-16(11-13-27)20(28)25-17-6-8-18(9-7-17)26-22(30)24-15-19-5-4-14-31-19/h4-9,14,16H,10-13,15H2,1-3H3,(H,25,28)(H2,24,26,30). The Morgan fingerprint density at radius 1 is 1.00 bits per heavy atom. The minimum Gasteiger partial charge on any atom is -0.467 e. The van der Waals surface area contributed by atoms with Crippen molar-refractivity contribution >= 4 is 29.2 Å². The number of nitrogens with one attached hydrogen (secondary N) is 3. The van der Waals surface area contributed by atoms with E-state index in [0.29, 0.717) is 49.6 Å². The van der Waals surface area contributed by atoms with Gasteiger partial charge in [-0.05, 0) is 49.2 Å². The summed E-state index contributed by atoms with van der Waals surface area (Å²) in [5.41, 5.74) is 0.879. The second-order valence-corrected chi connectivity index (χ2v) is 8.77. The number of furan rings is 1. The fourth-order valence-corrected chi connectivity index (χ4v) is 3.46. The van der Waals surface area contributed by atoms with Gasteiger partial charge in [-0.15, -0.1) is 0 Å². The molecule has 1 fully saturated rings. The molecule has 4 amide bonds. The zero-order valence-electron chi connectivity index (χ0n) is 18.2. The molecule has 1 aromatic heterocycles. The predicted octanol–water partition coefficient (Wildman–Crippen LogP) is 3.82. The Morgan fingerprint density at radius 3 is 2.16 bits per heavy atom. The maximum Gasteiger partial charge on any atom is 0.319 e. The number of hydrogen-bond donors (Lipinski definition) is 3. The molecule has 8 nitrogen and oxygen atoms in total. The topological polar surface area (TPSA) is 104 Å². The van der Waals surface area contributed by atoms with Crippen LogP contribution in [0, 0.1) is 11.3 Å². The molecule has 0 bridgehead atoms. The molecule has 1 aliphatic rings. The Balaban J connectivity index is 1.44. The minimum absolute atomic E-state index is 0.0419. The molecule has 0 unspecified atom stereocenters. The molecule has 0 saturated carbocycles. The normalized spacial score (nSPS) is 14.7. The second kappa shape index (κ2) is 9.68. The summed E-state index contributed by atoms with van der Waals surface area (Å²) in [6.45, 7) is 7.24. The highest BCUT2D eigenvalue weighted by atomic mass is 16.3. The lowest BCUT2D eigenvalue weighted by molar-refractivity contribution is -0.142. The Morgan fingerprint density at radius 2 is 1.61 bits per heavy atom. The SMILES string of the molecule is CC(C)(C)C(=O)N1CCC(C(=O)Nc2ccc(NC(=O)NCc3ccco3)cc2)CC1. The number of nitrogens with zero attached hydrogens (tertiary/aromatic N) is 1. The van der Waals surface area contributed by atoms with Crippen LogP contribution in [0.2, 0.25) is 0 Å². The van der Waals surface area contributed by atoms with Gasteiger partial charge in [0, 0.05) is 35.8 Å². The molecule has 2 heterocycles. The van der Waals surface area contributed by atoms with Gasteiger partial charge in [0.25, 0.3) is 0 Å². The van der Waals surface area contributed by atoms with Crippen molar-refractivity contribution in [2.45, 2.75) is 40.2 Å². The van der Waals surface area contributed by atoms with Gasteiger partial charge in [-0.2, -0.15) is 0 Å². The van der Waals surface area contributed by atoms with Gasteiger partial charge in [0.1, 0.15) is 5.76 Å². The summed E-state index contributed by atoms with van der Waals surface area (Å²) in [7, 11) is 0. The zero-order chi connectivity index (χ0) is 22.4. The van der Waals surface area contributed by atoms with Crippen molar-refractivity contribution < 1.29 is 18.8 Å². The molecule has 1 saturated heterocycles. The highest BCUT2D eigenvalue weighted by molar-refractivity contribution is 5.94. The lowest BCUT2D eigenvalue weighted by Gasteiger charge is -2.35. The van der Waals surface area contributed by atoms with E-state index in [4.69, 9.17) is 4.42 Å². The Kier molecular flexibility index (Phi) is 6.99. The Hall–Kier alpha value is -3.29. The maximum atomic E-state index is 12.6. The molecule has 31 heavy (non-hydrogen) atoms. The minimum atomic E-state index is -0.402. The van der Waals surface area contributed by atoms with Crippen LogP contribution in [0.4, 0.5) is 16.2 Å². The van der Waals surface area contributed by atoms with Crippen LogP contribution in [0.25, 0.3) is 0 Å². The van der Waals surface area contributed by atoms with Crippen LogP contribution in [-0.4, -0.2) is 35.8 Å². The first-order chi connectivity index (χ1) is 14.7. The van der Waals surface area contributed by atoms with E-state index >= 15 is 0 Å². The third kappa shape index (κ3) is 6.34. The molecule has 0 spiro atoms. The van der Waals surface area contributed by atoms with E-state index in [9.17, 15) is 14.4 Å². The summed E-state index contributed by atoms with van der Waals surface area (Å²) in [6, 6.07) is 10.2. The first-order valence-corrected chi connectivity index (χ1v) is 10.5. The van der Waals surface area contributed by atoms with Crippen LogP contribution in [0.15, 0.2) is 47.1 Å². The molecule has 0 atom stereocenters. The molecule has 2 aromatic rings. The first kappa shape index (κ1) is 22.4. The number of urea groups is 1. The monoisotopic (exact) mass is 426 g/mol. The Labute approximate surface area is 182 Å². The summed E-state index contributed by atoms with van der Waals surface area (Å²) < 4.78 is 5.17. The quantitative estimate of drug-likeness (QED) is 0.676. The zero-order valence-corrected chi connectivity index (χ0v) is 18.2. The number of rotatable bonds is 5. The average Bonchev–Trinajstić information content (AvgIpc) is 3.26. The molecule has 1 aromatic carbocycles. The van der Waals surface area contributed by atoms with E-state index in [-0.39, 0.29) is 23.8 Å². The fourth-order valence-electron chi connectivity index (χ4n) is 3.46. The first-order valence-electron chi connectivity index (χ1n) is 10.5. The number of carbonyl (C=O) groups excluding carboxylic acids is 3. The van der Waals surface area contributed by atoms with E-state index in [1.807, 2.05) is 25.7 Å². The summed E-state index contributed by atoms with van der Waals surface area (Å²) >= 11 is 0. The third-order valence-corrected chi connectivity index (χ3v) is 5.21. The van der Waals surface area contributed by atoms with Gasteiger partial charge in [0.05, 0.1) is 12.8 Å². The van der Waals surface area contributed by atoms with E-state index in [1.165, 1.54) is 0 Å². The number of benzene rings is 1. The summed E-state index contributed by atoms with van der Waals surface area (Å²) in [5.74, 6) is 0.637. The molecule has 1 aliphatic heterocycles. The fraction of sp³-hybridized carbons (Fsp3) is 0.435. The predicted molar refractivity (Wildman–Crippen MR) is 118 cm³/mol. The number of amides is 4. The van der Waals surface area contributed by atoms with Crippen molar-refractivity contribution in [3.8, 4) is 0 Å². The van der Waals surface area contributed by atoms with Crippen LogP contribution in [0.1, 0.15) is 39.4 Å². The third-order valence-electron chi connectivity index (χ3n) is 5.21. The summed E-state index contributed by atoms with van der Waals surface area (Å²) in [5, 5.41) is 8.36. The number of piperidine rings is 1. The van der Waals surface area contributed by atoms with Crippen LogP contribution in [-0.2, 0) is 16.1 Å². The number of carbonyl (C=O) groups is 3. The molecular weight excluding hydrogens is 396 g/mol. The van der Waals surface area contributed by atoms with Gasteiger partial charge >= 0.3 is 6.03 Å². The number of likely N-dealkylation sites (tertiary alicyclic amines) is 1. The van der Waals surface area contributed by atoms with Gasteiger partial charge < -0.3 is 25.3 Å². The van der Waals surface area contributed by atoms with Gasteiger partial charge in [-0.1, -0.05) is 20.8 Å². The Bertz CT molecular complexity index is 893. The van der Waals surface area contributed by atoms with Crippen molar-refractivity contribution in [3.05, 3.63) is 48.4 Å². The van der Waals surface area contributed by atoms with E-state index in [2.05, 4.69) is 16.0 Å². The van der Waals surface area contributed by atoms with Crippen molar-refractivity contribution in [2.24, 2.45) is 11.3 Å². The second-order valence-electron chi connectivity index (χ2n) is 8.77. The van der Waals surface area contributed by atoms with Crippen molar-refractivity contribution in [1.82, 2.24) is 10.2 Å². The van der Waals surface area contributed by atoms with Crippen LogP contribution >= 0.6 is 0 Å². The molecule has 0 radical (unpaired) electrons.